The van der Waals surface area contributed by atoms with Gasteiger partial charge in [0.25, 0.3) is 5.56 Å². The maximum Gasteiger partial charge on any atom is 0.262 e. The molecule has 0 atom stereocenters. The molecule has 1 aliphatic rings. The molecule has 1 fully saturated rings. The van der Waals surface area contributed by atoms with Crippen molar-refractivity contribution in [3.05, 3.63) is 34.6 Å². The predicted molar refractivity (Wildman–Crippen MR) is 115 cm³/mol. The molecule has 0 saturated heterocycles. The number of ether oxygens (including phenoxy) is 1. The summed E-state index contributed by atoms with van der Waals surface area (Å²) in [5, 5.41) is 20.0. The normalized spacial score (nSPS) is 19.9. The van der Waals surface area contributed by atoms with Crippen LogP contribution in [-0.2, 0) is 11.3 Å². The molecule has 1 N–H and O–H groups in total. The third kappa shape index (κ3) is 4.34. The molecule has 29 heavy (non-hydrogen) atoms. The zero-order valence-corrected chi connectivity index (χ0v) is 17.6. The van der Waals surface area contributed by atoms with Crippen molar-refractivity contribution in [2.75, 3.05) is 19.0 Å². The van der Waals surface area contributed by atoms with Crippen LogP contribution in [0.25, 0.3) is 16.7 Å². The standard InChI is InChI=1S/C21H28N4O3S/c1-2-28-13-5-12-24-19(27)17-6-3-4-7-18(17)25-20(24)22-23-21(25)29-14-15-8-10-16(26)11-9-15/h3-4,6-7,15-16,26H,2,5,8-14H2,1H3. The van der Waals surface area contributed by atoms with E-state index in [1.807, 2.05) is 35.6 Å². The van der Waals surface area contributed by atoms with Gasteiger partial charge in [0, 0.05) is 25.5 Å². The van der Waals surface area contributed by atoms with Crippen LogP contribution in [0.2, 0.25) is 0 Å². The van der Waals surface area contributed by atoms with Gasteiger partial charge in [-0.2, -0.15) is 0 Å². The Labute approximate surface area is 174 Å². The van der Waals surface area contributed by atoms with E-state index in [4.69, 9.17) is 4.74 Å². The number of aromatic nitrogens is 4. The average molecular weight is 417 g/mol. The van der Waals surface area contributed by atoms with Gasteiger partial charge in [-0.25, -0.2) is 0 Å². The molecule has 7 nitrogen and oxygen atoms in total. The summed E-state index contributed by atoms with van der Waals surface area (Å²) in [6, 6.07) is 7.66. The van der Waals surface area contributed by atoms with Gasteiger partial charge in [-0.1, -0.05) is 23.9 Å². The number of aryl methyl sites for hydroxylation is 1. The number of hydrogen-bond acceptors (Lipinski definition) is 6. The lowest BCUT2D eigenvalue weighted by molar-refractivity contribution is 0.113. The van der Waals surface area contributed by atoms with E-state index in [0.717, 1.165) is 48.5 Å². The Morgan fingerprint density at radius 2 is 2.00 bits per heavy atom. The summed E-state index contributed by atoms with van der Waals surface area (Å²) < 4.78 is 9.16. The number of fused-ring (bicyclic) bond motifs is 3. The minimum atomic E-state index is -0.139. The van der Waals surface area contributed by atoms with Crippen molar-refractivity contribution >= 4 is 28.4 Å². The Bertz CT molecular complexity index is 1020. The summed E-state index contributed by atoms with van der Waals surface area (Å²) in [6.45, 7) is 3.81. The monoisotopic (exact) mass is 416 g/mol. The molecular formula is C21H28N4O3S. The van der Waals surface area contributed by atoms with Crippen LogP contribution in [0.1, 0.15) is 39.0 Å². The van der Waals surface area contributed by atoms with Crippen molar-refractivity contribution in [2.24, 2.45) is 5.92 Å². The zero-order chi connectivity index (χ0) is 20.2. The van der Waals surface area contributed by atoms with Crippen molar-refractivity contribution < 1.29 is 9.84 Å². The van der Waals surface area contributed by atoms with Gasteiger partial charge in [0.2, 0.25) is 5.78 Å². The van der Waals surface area contributed by atoms with E-state index in [0.29, 0.717) is 36.8 Å². The molecule has 0 unspecified atom stereocenters. The molecule has 1 saturated carbocycles. The molecule has 1 aromatic carbocycles. The Hall–Kier alpha value is -1.90. The summed E-state index contributed by atoms with van der Waals surface area (Å²) in [5.74, 6) is 2.12. The molecule has 0 radical (unpaired) electrons. The Kier molecular flexibility index (Phi) is 6.52. The summed E-state index contributed by atoms with van der Waals surface area (Å²) in [6.07, 6.45) is 4.48. The number of hydrogen-bond donors (Lipinski definition) is 1. The highest BCUT2D eigenvalue weighted by Gasteiger charge is 2.21. The highest BCUT2D eigenvalue weighted by atomic mass is 32.2. The molecule has 0 aliphatic heterocycles. The minimum Gasteiger partial charge on any atom is -0.393 e. The van der Waals surface area contributed by atoms with E-state index in [-0.39, 0.29) is 11.7 Å². The Balaban J connectivity index is 1.66. The van der Waals surface area contributed by atoms with Crippen molar-refractivity contribution in [3.63, 3.8) is 0 Å². The Morgan fingerprint density at radius 1 is 1.21 bits per heavy atom. The molecular weight excluding hydrogens is 388 g/mol. The summed E-state index contributed by atoms with van der Waals surface area (Å²) in [4.78, 5) is 13.1. The fourth-order valence-corrected chi connectivity index (χ4v) is 5.13. The quantitative estimate of drug-likeness (QED) is 0.449. The molecule has 2 aromatic heterocycles. The molecule has 8 heteroatoms. The van der Waals surface area contributed by atoms with E-state index < -0.39 is 0 Å². The fraction of sp³-hybridized carbons (Fsp3) is 0.571. The first-order valence-electron chi connectivity index (χ1n) is 10.4. The number of para-hydroxylation sites is 1. The fourth-order valence-electron chi connectivity index (χ4n) is 4.00. The number of rotatable bonds is 8. The van der Waals surface area contributed by atoms with Gasteiger partial charge in [-0.3, -0.25) is 13.8 Å². The van der Waals surface area contributed by atoms with Crippen LogP contribution < -0.4 is 5.56 Å². The number of aliphatic hydroxyl groups is 1. The molecule has 0 bridgehead atoms. The zero-order valence-electron chi connectivity index (χ0n) is 16.8. The first kappa shape index (κ1) is 20.4. The van der Waals surface area contributed by atoms with Crippen molar-refractivity contribution in [1.29, 1.82) is 0 Å². The number of thioether (sulfide) groups is 1. The predicted octanol–water partition coefficient (Wildman–Crippen LogP) is 3.11. The number of aliphatic hydroxyl groups excluding tert-OH is 1. The minimum absolute atomic E-state index is 0.0326. The highest BCUT2D eigenvalue weighted by molar-refractivity contribution is 7.99. The average Bonchev–Trinajstić information content (AvgIpc) is 3.17. The van der Waals surface area contributed by atoms with Crippen LogP contribution in [0, 0.1) is 5.92 Å². The van der Waals surface area contributed by atoms with E-state index in [1.54, 1.807) is 16.3 Å². The first-order chi connectivity index (χ1) is 14.2. The van der Waals surface area contributed by atoms with Crippen LogP contribution in [-0.4, -0.2) is 49.3 Å². The Morgan fingerprint density at radius 3 is 2.79 bits per heavy atom. The van der Waals surface area contributed by atoms with Gasteiger partial charge in [0.15, 0.2) is 5.16 Å². The van der Waals surface area contributed by atoms with Gasteiger partial charge in [-0.05, 0) is 57.1 Å². The van der Waals surface area contributed by atoms with Crippen molar-refractivity contribution in [2.45, 2.75) is 56.8 Å². The van der Waals surface area contributed by atoms with Crippen LogP contribution >= 0.6 is 11.8 Å². The number of benzene rings is 1. The SMILES string of the molecule is CCOCCCn1c(=O)c2ccccc2n2c(SCC3CCC(O)CC3)nnc12. The van der Waals surface area contributed by atoms with Gasteiger partial charge in [0.05, 0.1) is 17.0 Å². The molecule has 0 spiro atoms. The largest absolute Gasteiger partial charge is 0.393 e. The molecule has 4 rings (SSSR count). The molecule has 0 amide bonds. The van der Waals surface area contributed by atoms with Gasteiger partial charge >= 0.3 is 0 Å². The van der Waals surface area contributed by atoms with Crippen LogP contribution in [0.15, 0.2) is 34.2 Å². The van der Waals surface area contributed by atoms with E-state index >= 15 is 0 Å². The molecule has 3 aromatic rings. The van der Waals surface area contributed by atoms with Gasteiger partial charge < -0.3 is 9.84 Å². The van der Waals surface area contributed by atoms with Crippen LogP contribution in [0.3, 0.4) is 0 Å². The van der Waals surface area contributed by atoms with E-state index in [1.165, 1.54) is 0 Å². The topological polar surface area (TPSA) is 81.7 Å². The smallest absolute Gasteiger partial charge is 0.262 e. The second-order valence-electron chi connectivity index (χ2n) is 7.63. The molecule has 1 aliphatic carbocycles. The third-order valence-corrected chi connectivity index (χ3v) is 6.78. The van der Waals surface area contributed by atoms with Crippen LogP contribution in [0.4, 0.5) is 0 Å². The maximum absolute atomic E-state index is 13.1. The summed E-state index contributed by atoms with van der Waals surface area (Å²) in [7, 11) is 0. The van der Waals surface area contributed by atoms with E-state index in [2.05, 4.69) is 10.2 Å². The van der Waals surface area contributed by atoms with Gasteiger partial charge in [0.1, 0.15) is 0 Å². The summed E-state index contributed by atoms with van der Waals surface area (Å²) in [5.41, 5.74) is 0.815. The molecule has 2 heterocycles. The third-order valence-electron chi connectivity index (χ3n) is 5.62. The second-order valence-corrected chi connectivity index (χ2v) is 8.62. The second kappa shape index (κ2) is 9.28. The summed E-state index contributed by atoms with van der Waals surface area (Å²) >= 11 is 1.69. The van der Waals surface area contributed by atoms with Crippen LogP contribution in [0.5, 0.6) is 0 Å². The van der Waals surface area contributed by atoms with E-state index in [9.17, 15) is 9.90 Å². The van der Waals surface area contributed by atoms with Crippen molar-refractivity contribution in [1.82, 2.24) is 19.2 Å². The van der Waals surface area contributed by atoms with Gasteiger partial charge in [-0.15, -0.1) is 10.2 Å². The van der Waals surface area contributed by atoms with Crippen molar-refractivity contribution in [3.8, 4) is 0 Å². The molecule has 156 valence electrons. The number of nitrogens with zero attached hydrogens (tertiary/aromatic N) is 4. The highest BCUT2D eigenvalue weighted by Crippen LogP contribution is 2.30. The first-order valence-corrected chi connectivity index (χ1v) is 11.4. The maximum atomic E-state index is 13.1. The lowest BCUT2D eigenvalue weighted by atomic mass is 9.89. The lowest BCUT2D eigenvalue weighted by Crippen LogP contribution is -2.24. The lowest BCUT2D eigenvalue weighted by Gasteiger charge is -2.24.